The molecular formula is C15H10FN5O. The van der Waals surface area contributed by atoms with Gasteiger partial charge in [0, 0.05) is 24.0 Å². The Kier molecular flexibility index (Phi) is 5.00. The quantitative estimate of drug-likeness (QED) is 0.676. The van der Waals surface area contributed by atoms with E-state index in [1.54, 1.807) is 30.6 Å². The molecule has 1 aromatic heterocycles. The third kappa shape index (κ3) is 4.02. The van der Waals surface area contributed by atoms with Crippen molar-refractivity contribution in [2.45, 2.75) is 6.61 Å². The van der Waals surface area contributed by atoms with Crippen LogP contribution in [-0.2, 0) is 6.61 Å². The van der Waals surface area contributed by atoms with Crippen LogP contribution in [0.4, 0.5) is 10.1 Å². The minimum atomic E-state index is -0.584. The van der Waals surface area contributed by atoms with E-state index >= 15 is 0 Å². The summed E-state index contributed by atoms with van der Waals surface area (Å²) in [5.41, 5.74) is 3.20. The van der Waals surface area contributed by atoms with Crippen molar-refractivity contribution in [1.82, 2.24) is 4.98 Å². The monoisotopic (exact) mass is 295 g/mol. The van der Waals surface area contributed by atoms with Crippen LogP contribution >= 0.6 is 0 Å². The molecule has 108 valence electrons. The molecule has 0 radical (unpaired) electrons. The number of halogens is 1. The molecule has 0 aliphatic rings. The second-order valence-corrected chi connectivity index (χ2v) is 4.09. The Morgan fingerprint density at radius 2 is 2.14 bits per heavy atom. The van der Waals surface area contributed by atoms with Gasteiger partial charge in [-0.3, -0.25) is 10.4 Å². The molecule has 1 aromatic carbocycles. The van der Waals surface area contributed by atoms with Gasteiger partial charge in [-0.2, -0.15) is 15.6 Å². The molecule has 0 amide bonds. The van der Waals surface area contributed by atoms with Crippen LogP contribution in [0.25, 0.3) is 0 Å². The SMILES string of the molecule is N#CC(C#N)=NNc1ccc(OCc2cccnc2)c(F)c1. The van der Waals surface area contributed by atoms with E-state index in [-0.39, 0.29) is 18.1 Å². The fraction of sp³-hybridized carbons (Fsp3) is 0.0667. The zero-order valence-electron chi connectivity index (χ0n) is 11.3. The van der Waals surface area contributed by atoms with Crippen molar-refractivity contribution in [3.05, 3.63) is 54.1 Å². The summed E-state index contributed by atoms with van der Waals surface area (Å²) in [6.07, 6.45) is 3.27. The van der Waals surface area contributed by atoms with E-state index in [1.807, 2.05) is 6.07 Å². The summed E-state index contributed by atoms with van der Waals surface area (Å²) in [6.45, 7) is 0.197. The van der Waals surface area contributed by atoms with Gasteiger partial charge >= 0.3 is 0 Å². The van der Waals surface area contributed by atoms with E-state index < -0.39 is 5.82 Å². The lowest BCUT2D eigenvalue weighted by Gasteiger charge is -2.08. The summed E-state index contributed by atoms with van der Waals surface area (Å²) in [7, 11) is 0. The number of nitrogens with zero attached hydrogens (tertiary/aromatic N) is 4. The number of nitrogens with one attached hydrogen (secondary N) is 1. The minimum Gasteiger partial charge on any atom is -0.486 e. The second-order valence-electron chi connectivity index (χ2n) is 4.09. The van der Waals surface area contributed by atoms with Gasteiger partial charge in [-0.25, -0.2) is 4.39 Å². The first-order valence-corrected chi connectivity index (χ1v) is 6.18. The largest absolute Gasteiger partial charge is 0.486 e. The first-order valence-electron chi connectivity index (χ1n) is 6.18. The summed E-state index contributed by atoms with van der Waals surface area (Å²) in [4.78, 5) is 3.94. The van der Waals surface area contributed by atoms with Crippen molar-refractivity contribution in [1.29, 1.82) is 10.5 Å². The molecule has 1 heterocycles. The molecule has 6 nitrogen and oxygen atoms in total. The molecule has 0 unspecified atom stereocenters. The normalized spacial score (nSPS) is 9.23. The van der Waals surface area contributed by atoms with Crippen molar-refractivity contribution >= 4 is 11.4 Å². The van der Waals surface area contributed by atoms with Crippen LogP contribution in [-0.4, -0.2) is 10.7 Å². The summed E-state index contributed by atoms with van der Waals surface area (Å²) >= 11 is 0. The molecule has 22 heavy (non-hydrogen) atoms. The number of hydrazone groups is 1. The van der Waals surface area contributed by atoms with Crippen LogP contribution in [0.1, 0.15) is 5.56 Å². The first-order chi connectivity index (χ1) is 10.7. The summed E-state index contributed by atoms with van der Waals surface area (Å²) in [6, 6.07) is 10.9. The van der Waals surface area contributed by atoms with E-state index in [2.05, 4.69) is 15.5 Å². The van der Waals surface area contributed by atoms with Crippen LogP contribution in [0, 0.1) is 28.5 Å². The van der Waals surface area contributed by atoms with Gasteiger partial charge in [-0.1, -0.05) is 6.07 Å². The van der Waals surface area contributed by atoms with Gasteiger partial charge in [0.25, 0.3) is 0 Å². The smallest absolute Gasteiger partial charge is 0.237 e. The minimum absolute atomic E-state index is 0.0826. The third-order valence-electron chi connectivity index (χ3n) is 2.56. The number of aromatic nitrogens is 1. The Bertz CT molecular complexity index is 746. The molecule has 0 fully saturated rings. The average molecular weight is 295 g/mol. The summed E-state index contributed by atoms with van der Waals surface area (Å²) in [5, 5.41) is 20.6. The van der Waals surface area contributed by atoms with Gasteiger partial charge in [0.05, 0.1) is 5.69 Å². The topological polar surface area (TPSA) is 94.1 Å². The molecule has 1 N–H and O–H groups in total. The van der Waals surface area contributed by atoms with Crippen LogP contribution < -0.4 is 10.2 Å². The number of hydrogen-bond acceptors (Lipinski definition) is 6. The fourth-order valence-corrected chi connectivity index (χ4v) is 1.53. The zero-order chi connectivity index (χ0) is 15.8. The number of nitriles is 2. The molecule has 0 spiro atoms. The van der Waals surface area contributed by atoms with Gasteiger partial charge < -0.3 is 4.74 Å². The number of ether oxygens (including phenoxy) is 1. The zero-order valence-corrected chi connectivity index (χ0v) is 11.3. The maximum Gasteiger partial charge on any atom is 0.237 e. The highest BCUT2D eigenvalue weighted by Crippen LogP contribution is 2.22. The van der Waals surface area contributed by atoms with Gasteiger partial charge in [-0.15, -0.1) is 0 Å². The van der Waals surface area contributed by atoms with E-state index in [4.69, 9.17) is 15.3 Å². The maximum absolute atomic E-state index is 13.9. The van der Waals surface area contributed by atoms with Crippen molar-refractivity contribution in [2.24, 2.45) is 5.10 Å². The van der Waals surface area contributed by atoms with E-state index in [9.17, 15) is 4.39 Å². The molecule has 0 bridgehead atoms. The first kappa shape index (κ1) is 14.9. The number of benzene rings is 1. The molecule has 7 heteroatoms. The second kappa shape index (κ2) is 7.36. The predicted molar refractivity (Wildman–Crippen MR) is 77.3 cm³/mol. The highest BCUT2D eigenvalue weighted by atomic mass is 19.1. The van der Waals surface area contributed by atoms with E-state index in [1.165, 1.54) is 12.1 Å². The Morgan fingerprint density at radius 3 is 2.77 bits per heavy atom. The Hall–Kier alpha value is -3.45. The van der Waals surface area contributed by atoms with Crippen LogP contribution in [0.15, 0.2) is 47.8 Å². The molecule has 0 atom stereocenters. The molecule has 0 aliphatic heterocycles. The molecule has 0 saturated carbocycles. The Labute approximate surface area is 126 Å². The summed E-state index contributed by atoms with van der Waals surface area (Å²) < 4.78 is 19.2. The third-order valence-corrected chi connectivity index (χ3v) is 2.56. The molecule has 2 aromatic rings. The van der Waals surface area contributed by atoms with Crippen LogP contribution in [0.5, 0.6) is 5.75 Å². The van der Waals surface area contributed by atoms with Gasteiger partial charge in [0.1, 0.15) is 18.7 Å². The summed E-state index contributed by atoms with van der Waals surface area (Å²) in [5.74, 6) is -0.501. The molecule has 0 aliphatic carbocycles. The number of pyridine rings is 1. The van der Waals surface area contributed by atoms with Crippen molar-refractivity contribution < 1.29 is 9.13 Å². The Morgan fingerprint density at radius 1 is 1.32 bits per heavy atom. The van der Waals surface area contributed by atoms with Crippen molar-refractivity contribution in [2.75, 3.05) is 5.43 Å². The molecular weight excluding hydrogens is 285 g/mol. The standard InChI is InChI=1S/C15H10FN5O/c16-14-6-12(20-21-13(7-17)8-18)3-4-15(14)22-10-11-2-1-5-19-9-11/h1-6,9,20H,10H2. The number of hydrogen-bond donors (Lipinski definition) is 1. The van der Waals surface area contributed by atoms with Crippen molar-refractivity contribution in [3.8, 4) is 17.9 Å². The van der Waals surface area contributed by atoms with Crippen molar-refractivity contribution in [3.63, 3.8) is 0 Å². The van der Waals surface area contributed by atoms with Crippen LogP contribution in [0.3, 0.4) is 0 Å². The number of rotatable bonds is 5. The number of anilines is 1. The average Bonchev–Trinajstić information content (AvgIpc) is 2.56. The Balaban J connectivity index is 2.03. The van der Waals surface area contributed by atoms with Gasteiger partial charge in [0.2, 0.25) is 5.71 Å². The lowest BCUT2D eigenvalue weighted by atomic mass is 10.3. The molecule has 2 rings (SSSR count). The van der Waals surface area contributed by atoms with Gasteiger partial charge in [0.15, 0.2) is 11.6 Å². The highest BCUT2D eigenvalue weighted by molar-refractivity contribution is 6.10. The van der Waals surface area contributed by atoms with E-state index in [0.717, 1.165) is 11.6 Å². The van der Waals surface area contributed by atoms with Crippen LogP contribution in [0.2, 0.25) is 0 Å². The van der Waals surface area contributed by atoms with Gasteiger partial charge in [-0.05, 0) is 18.2 Å². The van der Waals surface area contributed by atoms with E-state index in [0.29, 0.717) is 5.69 Å². The predicted octanol–water partition coefficient (Wildman–Crippen LogP) is 2.61. The maximum atomic E-state index is 13.9. The fourth-order valence-electron chi connectivity index (χ4n) is 1.53. The highest BCUT2D eigenvalue weighted by Gasteiger charge is 2.05. The lowest BCUT2D eigenvalue weighted by Crippen LogP contribution is -2.00. The molecule has 0 saturated heterocycles. The lowest BCUT2D eigenvalue weighted by molar-refractivity contribution is 0.290.